The third-order valence-corrected chi connectivity index (χ3v) is 3.81. The molecule has 1 aromatic rings. The van der Waals surface area contributed by atoms with E-state index >= 15 is 0 Å². The van der Waals surface area contributed by atoms with E-state index in [0.717, 1.165) is 16.7 Å². The second-order valence-electron chi connectivity index (χ2n) is 5.25. The van der Waals surface area contributed by atoms with Gasteiger partial charge in [-0.3, -0.25) is 0 Å². The largest absolute Gasteiger partial charge is 0.384 e. The van der Waals surface area contributed by atoms with Gasteiger partial charge in [0.25, 0.3) is 0 Å². The first-order chi connectivity index (χ1) is 7.76. The van der Waals surface area contributed by atoms with Crippen molar-refractivity contribution in [1.29, 1.82) is 5.26 Å². The molecule has 0 fully saturated rings. The van der Waals surface area contributed by atoms with E-state index in [-0.39, 0.29) is 0 Å². The van der Waals surface area contributed by atoms with Crippen molar-refractivity contribution in [2.75, 3.05) is 0 Å². The van der Waals surface area contributed by atoms with Gasteiger partial charge in [-0.25, -0.2) is 0 Å². The Morgan fingerprint density at radius 1 is 1.18 bits per heavy atom. The smallest absolute Gasteiger partial charge is 0.105 e. The predicted octanol–water partition coefficient (Wildman–Crippen LogP) is 3.45. The fourth-order valence-corrected chi connectivity index (χ4v) is 2.11. The zero-order chi connectivity index (χ0) is 13.3. The molecule has 0 aromatic heterocycles. The number of hydrogen-bond donors (Lipinski definition) is 1. The van der Waals surface area contributed by atoms with Crippen molar-refractivity contribution in [2.24, 2.45) is 5.41 Å². The maximum Gasteiger partial charge on any atom is 0.105 e. The molecule has 1 rings (SSSR count). The van der Waals surface area contributed by atoms with Crippen molar-refractivity contribution >= 4 is 0 Å². The summed E-state index contributed by atoms with van der Waals surface area (Å²) in [6.07, 6.45) is 0.615. The topological polar surface area (TPSA) is 44.0 Å². The van der Waals surface area contributed by atoms with Gasteiger partial charge in [0.05, 0.1) is 11.5 Å². The lowest BCUT2D eigenvalue weighted by Gasteiger charge is -2.37. The van der Waals surface area contributed by atoms with Crippen LogP contribution < -0.4 is 0 Å². The first-order valence-corrected chi connectivity index (χ1v) is 5.99. The average molecular weight is 231 g/mol. The molecule has 2 nitrogen and oxygen atoms in total. The second-order valence-corrected chi connectivity index (χ2v) is 5.25. The summed E-state index contributed by atoms with van der Waals surface area (Å²) in [5, 5.41) is 20.0. The summed E-state index contributed by atoms with van der Waals surface area (Å²) in [4.78, 5) is 0. The molecular weight excluding hydrogens is 210 g/mol. The highest BCUT2D eigenvalue weighted by Gasteiger charge is 2.43. The lowest BCUT2D eigenvalue weighted by molar-refractivity contribution is -0.0380. The Morgan fingerprint density at radius 3 is 2.00 bits per heavy atom. The number of nitrogens with zero attached hydrogens (tertiary/aromatic N) is 1. The van der Waals surface area contributed by atoms with E-state index in [1.165, 1.54) is 0 Å². The van der Waals surface area contributed by atoms with Gasteiger partial charge in [-0.15, -0.1) is 0 Å². The van der Waals surface area contributed by atoms with Gasteiger partial charge >= 0.3 is 0 Å². The van der Waals surface area contributed by atoms with Crippen LogP contribution in [0.3, 0.4) is 0 Å². The van der Waals surface area contributed by atoms with E-state index in [4.69, 9.17) is 0 Å². The highest BCUT2D eigenvalue weighted by atomic mass is 16.3. The first kappa shape index (κ1) is 13.7. The van der Waals surface area contributed by atoms with E-state index in [1.54, 1.807) is 6.92 Å². The quantitative estimate of drug-likeness (QED) is 0.865. The Kier molecular flexibility index (Phi) is 3.64. The lowest BCUT2D eigenvalue weighted by atomic mass is 9.69. The summed E-state index contributed by atoms with van der Waals surface area (Å²) in [6, 6.07) is 8.23. The van der Waals surface area contributed by atoms with Crippen LogP contribution in [0.2, 0.25) is 0 Å². The van der Waals surface area contributed by atoms with Crippen LogP contribution in [0.5, 0.6) is 0 Å². The van der Waals surface area contributed by atoms with Crippen molar-refractivity contribution in [3.8, 4) is 6.07 Å². The Bertz CT molecular complexity index is 436. The fourth-order valence-electron chi connectivity index (χ4n) is 2.11. The number of aliphatic hydroxyl groups is 1. The van der Waals surface area contributed by atoms with Gasteiger partial charge in [0, 0.05) is 0 Å². The normalized spacial score (nSPS) is 17.9. The summed E-state index contributed by atoms with van der Waals surface area (Å²) in [5.74, 6) is 0. The Morgan fingerprint density at radius 2 is 1.65 bits per heavy atom. The molecule has 2 heteroatoms. The third-order valence-electron chi connectivity index (χ3n) is 3.81. The molecule has 1 N–H and O–H groups in total. The number of aryl methyl sites for hydroxylation is 2. The van der Waals surface area contributed by atoms with Crippen LogP contribution in [0.15, 0.2) is 18.2 Å². The molecule has 2 atom stereocenters. The average Bonchev–Trinajstić information content (AvgIpc) is 2.26. The van der Waals surface area contributed by atoms with Crippen molar-refractivity contribution in [3.63, 3.8) is 0 Å². The van der Waals surface area contributed by atoms with Gasteiger partial charge in [0.15, 0.2) is 0 Å². The minimum Gasteiger partial charge on any atom is -0.384 e. The van der Waals surface area contributed by atoms with Crippen LogP contribution in [-0.4, -0.2) is 5.11 Å². The molecule has 0 radical (unpaired) electrons. The Balaban J connectivity index is 3.35. The highest BCUT2D eigenvalue weighted by Crippen LogP contribution is 2.42. The number of nitriles is 1. The first-order valence-electron chi connectivity index (χ1n) is 5.99. The predicted molar refractivity (Wildman–Crippen MR) is 69.5 cm³/mol. The monoisotopic (exact) mass is 231 g/mol. The van der Waals surface area contributed by atoms with Crippen molar-refractivity contribution in [3.05, 3.63) is 34.9 Å². The summed E-state index contributed by atoms with van der Waals surface area (Å²) >= 11 is 0. The Hall–Kier alpha value is -1.33. The second kappa shape index (κ2) is 4.50. The molecule has 17 heavy (non-hydrogen) atoms. The number of hydrogen-bond acceptors (Lipinski definition) is 2. The summed E-state index contributed by atoms with van der Waals surface area (Å²) in [5.41, 5.74) is 1.13. The van der Waals surface area contributed by atoms with E-state index in [1.807, 2.05) is 39.8 Å². The van der Waals surface area contributed by atoms with Crippen LogP contribution in [0.1, 0.15) is 43.9 Å². The lowest BCUT2D eigenvalue weighted by Crippen LogP contribution is -2.40. The van der Waals surface area contributed by atoms with E-state index in [0.29, 0.717) is 6.42 Å². The minimum atomic E-state index is -1.13. The van der Waals surface area contributed by atoms with Crippen LogP contribution in [0.25, 0.3) is 0 Å². The van der Waals surface area contributed by atoms with Crippen LogP contribution >= 0.6 is 0 Å². The Labute approximate surface area is 104 Å². The summed E-state index contributed by atoms with van der Waals surface area (Å²) in [6.45, 7) is 9.48. The maximum atomic E-state index is 10.7. The standard InChI is InChI=1S/C15H21NO/c1-6-14(4,10-16)15(5,17)13-8-11(2)7-12(3)9-13/h7-9,17H,6H2,1-5H3. The molecule has 2 unspecified atom stereocenters. The van der Waals surface area contributed by atoms with Crippen LogP contribution in [-0.2, 0) is 5.60 Å². The van der Waals surface area contributed by atoms with Crippen molar-refractivity contribution in [2.45, 2.75) is 46.6 Å². The van der Waals surface area contributed by atoms with E-state index in [9.17, 15) is 10.4 Å². The molecule has 0 saturated carbocycles. The van der Waals surface area contributed by atoms with E-state index < -0.39 is 11.0 Å². The number of benzene rings is 1. The maximum absolute atomic E-state index is 10.7. The van der Waals surface area contributed by atoms with Crippen molar-refractivity contribution in [1.82, 2.24) is 0 Å². The molecule has 0 aliphatic carbocycles. The molecule has 0 aliphatic heterocycles. The van der Waals surface area contributed by atoms with Gasteiger partial charge < -0.3 is 5.11 Å². The molecule has 0 bridgehead atoms. The molecule has 0 saturated heterocycles. The van der Waals surface area contributed by atoms with Gasteiger partial charge in [-0.1, -0.05) is 36.2 Å². The van der Waals surface area contributed by atoms with Crippen LogP contribution in [0, 0.1) is 30.6 Å². The minimum absolute atomic E-state index is 0.615. The highest BCUT2D eigenvalue weighted by molar-refractivity contribution is 5.34. The van der Waals surface area contributed by atoms with Gasteiger partial charge in [0.2, 0.25) is 0 Å². The van der Waals surface area contributed by atoms with Gasteiger partial charge in [-0.2, -0.15) is 5.26 Å². The molecule has 0 amide bonds. The third kappa shape index (κ3) is 2.35. The fraction of sp³-hybridized carbons (Fsp3) is 0.533. The summed E-state index contributed by atoms with van der Waals surface area (Å²) < 4.78 is 0. The SMILES string of the molecule is CCC(C)(C#N)C(C)(O)c1cc(C)cc(C)c1. The van der Waals surface area contributed by atoms with Crippen LogP contribution in [0.4, 0.5) is 0 Å². The molecular formula is C15H21NO. The van der Waals surface area contributed by atoms with Gasteiger partial charge in [0.1, 0.15) is 5.60 Å². The molecule has 1 aromatic carbocycles. The molecule has 92 valence electrons. The zero-order valence-electron chi connectivity index (χ0n) is 11.3. The molecule has 0 spiro atoms. The zero-order valence-corrected chi connectivity index (χ0v) is 11.3. The van der Waals surface area contributed by atoms with Crippen molar-refractivity contribution < 1.29 is 5.11 Å². The molecule has 0 heterocycles. The van der Waals surface area contributed by atoms with E-state index in [2.05, 4.69) is 12.1 Å². The van der Waals surface area contributed by atoms with Gasteiger partial charge in [-0.05, 0) is 39.7 Å². The number of rotatable bonds is 3. The summed E-state index contributed by atoms with van der Waals surface area (Å²) in [7, 11) is 0. The molecule has 0 aliphatic rings.